The quantitative estimate of drug-likeness (QED) is 0.779. The zero-order valence-corrected chi connectivity index (χ0v) is 9.11. The van der Waals surface area contributed by atoms with Crippen molar-refractivity contribution in [3.63, 3.8) is 0 Å². The van der Waals surface area contributed by atoms with Gasteiger partial charge < -0.3 is 9.47 Å². The molecular weight excluding hydrogens is 203 g/mol. The normalized spacial score (nSPS) is 10.0. The monoisotopic (exact) mass is 216 g/mol. The zero-order valence-electron chi connectivity index (χ0n) is 8.21. The highest BCUT2D eigenvalue weighted by atomic mass is 32.1. The Morgan fingerprint density at radius 3 is 2.50 bits per heavy atom. The molecule has 1 aromatic rings. The maximum Gasteiger partial charge on any atom is 0.165 e. The molecule has 0 aliphatic carbocycles. The Morgan fingerprint density at radius 2 is 2.00 bits per heavy atom. The standard InChI is InChI=1S/C10H13FO2S/c1-12-9-4-3-8(11)10(13-2)7(9)5-6-14/h3-4,14H,5-6H2,1-2H3. The van der Waals surface area contributed by atoms with E-state index >= 15 is 0 Å². The summed E-state index contributed by atoms with van der Waals surface area (Å²) in [5, 5.41) is 0. The van der Waals surface area contributed by atoms with E-state index in [0.29, 0.717) is 17.9 Å². The summed E-state index contributed by atoms with van der Waals surface area (Å²) in [6, 6.07) is 2.93. The van der Waals surface area contributed by atoms with Crippen LogP contribution in [0.1, 0.15) is 5.56 Å². The number of ether oxygens (including phenoxy) is 2. The Labute approximate surface area is 88.4 Å². The summed E-state index contributed by atoms with van der Waals surface area (Å²) in [4.78, 5) is 0. The zero-order chi connectivity index (χ0) is 10.6. The second-order valence-corrected chi connectivity index (χ2v) is 3.18. The highest BCUT2D eigenvalue weighted by Gasteiger charge is 2.13. The minimum Gasteiger partial charge on any atom is -0.496 e. The molecule has 0 N–H and O–H groups in total. The van der Waals surface area contributed by atoms with Crippen molar-refractivity contribution in [2.75, 3.05) is 20.0 Å². The summed E-state index contributed by atoms with van der Waals surface area (Å²) >= 11 is 4.10. The molecule has 1 rings (SSSR count). The summed E-state index contributed by atoms with van der Waals surface area (Å²) < 4.78 is 23.4. The summed E-state index contributed by atoms with van der Waals surface area (Å²) in [6.45, 7) is 0. The van der Waals surface area contributed by atoms with Gasteiger partial charge in [0.05, 0.1) is 14.2 Å². The van der Waals surface area contributed by atoms with Gasteiger partial charge in [-0.2, -0.15) is 12.6 Å². The van der Waals surface area contributed by atoms with Crippen molar-refractivity contribution in [3.8, 4) is 11.5 Å². The molecule has 0 fully saturated rings. The SMILES string of the molecule is COc1ccc(F)c(OC)c1CCS. The van der Waals surface area contributed by atoms with Crippen molar-refractivity contribution >= 4 is 12.6 Å². The number of thiol groups is 1. The molecule has 0 aromatic heterocycles. The molecule has 2 nitrogen and oxygen atoms in total. The Kier molecular flexibility index (Phi) is 4.07. The predicted octanol–water partition coefficient (Wildman–Crippen LogP) is 2.32. The fourth-order valence-electron chi connectivity index (χ4n) is 1.34. The van der Waals surface area contributed by atoms with Crippen molar-refractivity contribution in [1.29, 1.82) is 0 Å². The molecule has 0 saturated carbocycles. The van der Waals surface area contributed by atoms with E-state index < -0.39 is 0 Å². The highest BCUT2D eigenvalue weighted by Crippen LogP contribution is 2.31. The lowest BCUT2D eigenvalue weighted by Gasteiger charge is -2.12. The molecule has 4 heteroatoms. The van der Waals surface area contributed by atoms with Gasteiger partial charge in [-0.25, -0.2) is 4.39 Å². The first-order valence-electron chi connectivity index (χ1n) is 4.24. The fourth-order valence-corrected chi connectivity index (χ4v) is 1.57. The molecule has 0 aliphatic heterocycles. The van der Waals surface area contributed by atoms with E-state index in [4.69, 9.17) is 9.47 Å². The lowest BCUT2D eigenvalue weighted by Crippen LogP contribution is -2.00. The van der Waals surface area contributed by atoms with E-state index in [1.165, 1.54) is 13.2 Å². The second kappa shape index (κ2) is 5.10. The Balaban J connectivity index is 3.21. The summed E-state index contributed by atoms with van der Waals surface area (Å²) in [5.74, 6) is 1.14. The van der Waals surface area contributed by atoms with E-state index in [2.05, 4.69) is 12.6 Å². The van der Waals surface area contributed by atoms with Crippen molar-refractivity contribution in [2.45, 2.75) is 6.42 Å². The van der Waals surface area contributed by atoms with E-state index in [-0.39, 0.29) is 11.6 Å². The van der Waals surface area contributed by atoms with Gasteiger partial charge in [0, 0.05) is 5.56 Å². The van der Waals surface area contributed by atoms with Gasteiger partial charge in [-0.05, 0) is 24.3 Å². The van der Waals surface area contributed by atoms with E-state index in [1.807, 2.05) is 0 Å². The van der Waals surface area contributed by atoms with E-state index in [9.17, 15) is 4.39 Å². The molecule has 0 atom stereocenters. The molecule has 0 radical (unpaired) electrons. The molecule has 78 valence electrons. The second-order valence-electron chi connectivity index (χ2n) is 2.74. The van der Waals surface area contributed by atoms with Gasteiger partial charge in [0.1, 0.15) is 5.75 Å². The van der Waals surface area contributed by atoms with Crippen molar-refractivity contribution < 1.29 is 13.9 Å². The van der Waals surface area contributed by atoms with Crippen LogP contribution in [0.15, 0.2) is 12.1 Å². The van der Waals surface area contributed by atoms with Crippen LogP contribution in [0, 0.1) is 5.82 Å². The third-order valence-corrected chi connectivity index (χ3v) is 2.18. The summed E-state index contributed by atoms with van der Waals surface area (Å²) in [7, 11) is 2.99. The van der Waals surface area contributed by atoms with Gasteiger partial charge in [0.2, 0.25) is 0 Å². The molecule has 0 heterocycles. The number of methoxy groups -OCH3 is 2. The van der Waals surface area contributed by atoms with Crippen LogP contribution < -0.4 is 9.47 Å². The first kappa shape index (κ1) is 11.2. The van der Waals surface area contributed by atoms with Gasteiger partial charge >= 0.3 is 0 Å². The van der Waals surface area contributed by atoms with Crippen LogP contribution in [0.25, 0.3) is 0 Å². The van der Waals surface area contributed by atoms with Crippen LogP contribution in [0.3, 0.4) is 0 Å². The lowest BCUT2D eigenvalue weighted by molar-refractivity contribution is 0.366. The van der Waals surface area contributed by atoms with Crippen LogP contribution in [0.5, 0.6) is 11.5 Å². The van der Waals surface area contributed by atoms with Gasteiger partial charge in [-0.15, -0.1) is 0 Å². The maximum atomic E-state index is 13.3. The molecular formula is C10H13FO2S. The highest BCUT2D eigenvalue weighted by molar-refractivity contribution is 7.80. The lowest BCUT2D eigenvalue weighted by atomic mass is 10.1. The fraction of sp³-hybridized carbons (Fsp3) is 0.400. The van der Waals surface area contributed by atoms with Crippen LogP contribution >= 0.6 is 12.6 Å². The van der Waals surface area contributed by atoms with Crippen LogP contribution in [0.4, 0.5) is 4.39 Å². The number of rotatable bonds is 4. The van der Waals surface area contributed by atoms with Crippen LogP contribution in [-0.2, 0) is 6.42 Å². The third kappa shape index (κ3) is 2.12. The van der Waals surface area contributed by atoms with Crippen molar-refractivity contribution in [2.24, 2.45) is 0 Å². The van der Waals surface area contributed by atoms with E-state index in [1.54, 1.807) is 13.2 Å². The molecule has 0 spiro atoms. The van der Waals surface area contributed by atoms with Crippen molar-refractivity contribution in [3.05, 3.63) is 23.5 Å². The molecule has 0 aliphatic rings. The molecule has 0 unspecified atom stereocenters. The van der Waals surface area contributed by atoms with Gasteiger partial charge in [0.15, 0.2) is 11.6 Å². The number of hydrogen-bond acceptors (Lipinski definition) is 3. The molecule has 1 aromatic carbocycles. The van der Waals surface area contributed by atoms with Crippen LogP contribution in [0.2, 0.25) is 0 Å². The largest absolute Gasteiger partial charge is 0.496 e. The maximum absolute atomic E-state index is 13.3. The van der Waals surface area contributed by atoms with Gasteiger partial charge in [-0.1, -0.05) is 0 Å². The Morgan fingerprint density at radius 1 is 1.29 bits per heavy atom. The third-order valence-electron chi connectivity index (χ3n) is 1.96. The smallest absolute Gasteiger partial charge is 0.165 e. The summed E-state index contributed by atoms with van der Waals surface area (Å²) in [6.07, 6.45) is 0.618. The topological polar surface area (TPSA) is 18.5 Å². The van der Waals surface area contributed by atoms with E-state index in [0.717, 1.165) is 5.56 Å². The first-order chi connectivity index (χ1) is 6.74. The summed E-state index contributed by atoms with van der Waals surface area (Å²) in [5.41, 5.74) is 0.727. The molecule has 0 amide bonds. The minimum atomic E-state index is -0.370. The number of hydrogen-bond donors (Lipinski definition) is 1. The average molecular weight is 216 g/mol. The average Bonchev–Trinajstić information content (AvgIpc) is 2.19. The van der Waals surface area contributed by atoms with Gasteiger partial charge in [0.25, 0.3) is 0 Å². The molecule has 0 bridgehead atoms. The van der Waals surface area contributed by atoms with Crippen LogP contribution in [-0.4, -0.2) is 20.0 Å². The van der Waals surface area contributed by atoms with Gasteiger partial charge in [-0.3, -0.25) is 0 Å². The van der Waals surface area contributed by atoms with Crippen molar-refractivity contribution in [1.82, 2.24) is 0 Å². The first-order valence-corrected chi connectivity index (χ1v) is 4.88. The number of halogens is 1. The number of benzene rings is 1. The molecule has 0 saturated heterocycles. The Hall–Kier alpha value is -0.900. The minimum absolute atomic E-state index is 0.249. The Bertz CT molecular complexity index is 315. The molecule has 14 heavy (non-hydrogen) atoms. The predicted molar refractivity (Wildman–Crippen MR) is 57.1 cm³/mol.